The molecule has 0 amide bonds. The van der Waals surface area contributed by atoms with Gasteiger partial charge in [0.15, 0.2) is 5.16 Å². The molecule has 0 atom stereocenters. The van der Waals surface area contributed by atoms with Crippen molar-refractivity contribution in [1.29, 1.82) is 0 Å². The molecule has 2 N–H and O–H groups in total. The van der Waals surface area contributed by atoms with Crippen LogP contribution < -0.4 is 10.6 Å². The molecule has 6 heteroatoms. The summed E-state index contributed by atoms with van der Waals surface area (Å²) in [7, 11) is 0. The summed E-state index contributed by atoms with van der Waals surface area (Å²) >= 11 is 1.55. The fourth-order valence-corrected chi connectivity index (χ4v) is 2.19. The van der Waals surface area contributed by atoms with E-state index >= 15 is 0 Å². The Hall–Kier alpha value is -1.82. The van der Waals surface area contributed by atoms with Crippen molar-refractivity contribution in [3.8, 4) is 0 Å². The molecule has 0 aliphatic heterocycles. The Labute approximate surface area is 130 Å². The summed E-state index contributed by atoms with van der Waals surface area (Å²) in [6.07, 6.45) is 5.74. The van der Waals surface area contributed by atoms with E-state index in [0.29, 0.717) is 0 Å². The van der Waals surface area contributed by atoms with Gasteiger partial charge in [0.2, 0.25) is 0 Å². The van der Waals surface area contributed by atoms with Crippen molar-refractivity contribution in [3.05, 3.63) is 36.2 Å². The third-order valence-electron chi connectivity index (χ3n) is 2.86. The van der Waals surface area contributed by atoms with Crippen LogP contribution in [0.2, 0.25) is 0 Å². The monoisotopic (exact) mass is 303 g/mol. The van der Waals surface area contributed by atoms with Gasteiger partial charge in [-0.3, -0.25) is 4.98 Å². The van der Waals surface area contributed by atoms with Gasteiger partial charge in [-0.2, -0.15) is 0 Å². The number of aromatic nitrogens is 3. The van der Waals surface area contributed by atoms with Crippen LogP contribution >= 0.6 is 11.8 Å². The number of thioether (sulfide) groups is 1. The van der Waals surface area contributed by atoms with Crippen LogP contribution in [0.4, 0.5) is 11.6 Å². The minimum atomic E-state index is 0.774. The Bertz CT molecular complexity index is 547. The van der Waals surface area contributed by atoms with Crippen molar-refractivity contribution < 1.29 is 0 Å². The molecule has 0 aliphatic carbocycles. The summed E-state index contributed by atoms with van der Waals surface area (Å²) in [5.41, 5.74) is 1.08. The van der Waals surface area contributed by atoms with E-state index in [1.54, 1.807) is 11.8 Å². The van der Waals surface area contributed by atoms with Crippen LogP contribution in [-0.2, 0) is 6.42 Å². The van der Waals surface area contributed by atoms with Crippen LogP contribution in [0.3, 0.4) is 0 Å². The number of pyridine rings is 1. The zero-order valence-corrected chi connectivity index (χ0v) is 13.3. The van der Waals surface area contributed by atoms with E-state index in [1.165, 1.54) is 0 Å². The lowest BCUT2D eigenvalue weighted by Crippen LogP contribution is -2.10. The topological polar surface area (TPSA) is 62.7 Å². The van der Waals surface area contributed by atoms with Crippen molar-refractivity contribution in [1.82, 2.24) is 15.0 Å². The van der Waals surface area contributed by atoms with E-state index in [0.717, 1.165) is 48.4 Å². The van der Waals surface area contributed by atoms with Gasteiger partial charge in [0, 0.05) is 37.5 Å². The van der Waals surface area contributed by atoms with E-state index < -0.39 is 0 Å². The Balaban J connectivity index is 1.95. The fraction of sp³-hybridized carbons (Fsp3) is 0.400. The average molecular weight is 303 g/mol. The predicted molar refractivity (Wildman–Crippen MR) is 89.0 cm³/mol. The summed E-state index contributed by atoms with van der Waals surface area (Å²) in [6.45, 7) is 3.85. The molecular formula is C15H21N5S. The average Bonchev–Trinajstić information content (AvgIpc) is 2.53. The molecule has 0 saturated carbocycles. The summed E-state index contributed by atoms with van der Waals surface area (Å²) in [4.78, 5) is 13.2. The first-order valence-corrected chi connectivity index (χ1v) is 8.35. The molecule has 0 aromatic carbocycles. The van der Waals surface area contributed by atoms with Crippen LogP contribution in [0, 0.1) is 0 Å². The largest absolute Gasteiger partial charge is 0.370 e. The van der Waals surface area contributed by atoms with Crippen LogP contribution in [0.1, 0.15) is 19.0 Å². The molecule has 0 unspecified atom stereocenters. The molecular weight excluding hydrogens is 282 g/mol. The number of nitrogens with one attached hydrogen (secondary N) is 2. The Kier molecular flexibility index (Phi) is 6.27. The van der Waals surface area contributed by atoms with Gasteiger partial charge >= 0.3 is 0 Å². The van der Waals surface area contributed by atoms with E-state index in [1.807, 2.05) is 36.7 Å². The molecule has 0 spiro atoms. The minimum absolute atomic E-state index is 0.774. The van der Waals surface area contributed by atoms with Crippen molar-refractivity contribution in [2.24, 2.45) is 0 Å². The quantitative estimate of drug-likeness (QED) is 0.577. The van der Waals surface area contributed by atoms with Gasteiger partial charge in [-0.05, 0) is 24.8 Å². The number of rotatable bonds is 8. The van der Waals surface area contributed by atoms with Crippen LogP contribution in [-0.4, -0.2) is 34.3 Å². The van der Waals surface area contributed by atoms with Crippen molar-refractivity contribution >= 4 is 23.4 Å². The first-order chi connectivity index (χ1) is 10.3. The van der Waals surface area contributed by atoms with Crippen molar-refractivity contribution in [3.63, 3.8) is 0 Å². The first kappa shape index (κ1) is 15.6. The van der Waals surface area contributed by atoms with Crippen LogP contribution in [0.5, 0.6) is 0 Å². The SMILES string of the molecule is CCCNc1cc(NCCc2ccccn2)nc(SC)n1. The van der Waals surface area contributed by atoms with Gasteiger partial charge in [0.1, 0.15) is 11.6 Å². The Morgan fingerprint density at radius 3 is 2.48 bits per heavy atom. The fourth-order valence-electron chi connectivity index (χ4n) is 1.82. The highest BCUT2D eigenvalue weighted by molar-refractivity contribution is 7.98. The number of nitrogens with zero attached hydrogens (tertiary/aromatic N) is 3. The lowest BCUT2D eigenvalue weighted by Gasteiger charge is -2.10. The van der Waals surface area contributed by atoms with E-state index in [9.17, 15) is 0 Å². The molecule has 112 valence electrons. The second-order valence-electron chi connectivity index (χ2n) is 4.55. The third kappa shape index (κ3) is 5.23. The molecule has 0 fully saturated rings. The van der Waals surface area contributed by atoms with Gasteiger partial charge in [-0.25, -0.2) is 9.97 Å². The summed E-state index contributed by atoms with van der Waals surface area (Å²) < 4.78 is 0. The number of hydrogen-bond acceptors (Lipinski definition) is 6. The number of hydrogen-bond donors (Lipinski definition) is 2. The highest BCUT2D eigenvalue weighted by atomic mass is 32.2. The molecule has 5 nitrogen and oxygen atoms in total. The maximum Gasteiger partial charge on any atom is 0.191 e. The minimum Gasteiger partial charge on any atom is -0.370 e. The molecule has 0 bridgehead atoms. The molecule has 0 saturated heterocycles. The molecule has 2 rings (SSSR count). The molecule has 0 radical (unpaired) electrons. The summed E-state index contributed by atoms with van der Waals surface area (Å²) in [6, 6.07) is 7.92. The molecule has 2 aromatic heterocycles. The van der Waals surface area contributed by atoms with E-state index in [-0.39, 0.29) is 0 Å². The normalized spacial score (nSPS) is 10.4. The van der Waals surface area contributed by atoms with Gasteiger partial charge in [0.05, 0.1) is 0 Å². The van der Waals surface area contributed by atoms with E-state index in [2.05, 4.69) is 32.5 Å². The standard InChI is InChI=1S/C15H21N5S/c1-3-8-17-13-11-14(20-15(19-13)21-2)18-10-7-12-6-4-5-9-16-12/h4-6,9,11H,3,7-8,10H2,1-2H3,(H2,17,18,19,20). The zero-order valence-electron chi connectivity index (χ0n) is 12.5. The Morgan fingerprint density at radius 2 is 1.86 bits per heavy atom. The second kappa shape index (κ2) is 8.46. The first-order valence-electron chi connectivity index (χ1n) is 7.12. The highest BCUT2D eigenvalue weighted by Crippen LogP contribution is 2.17. The molecule has 0 aliphatic rings. The van der Waals surface area contributed by atoms with Crippen LogP contribution in [0.15, 0.2) is 35.6 Å². The lowest BCUT2D eigenvalue weighted by atomic mass is 10.3. The number of anilines is 2. The molecule has 21 heavy (non-hydrogen) atoms. The zero-order chi connectivity index (χ0) is 14.9. The predicted octanol–water partition coefficient (Wildman–Crippen LogP) is 3.07. The smallest absolute Gasteiger partial charge is 0.191 e. The Morgan fingerprint density at radius 1 is 1.10 bits per heavy atom. The van der Waals surface area contributed by atoms with E-state index in [4.69, 9.17) is 0 Å². The molecule has 2 aromatic rings. The van der Waals surface area contributed by atoms with Gasteiger partial charge in [-0.15, -0.1) is 0 Å². The maximum atomic E-state index is 4.47. The maximum absolute atomic E-state index is 4.47. The summed E-state index contributed by atoms with van der Waals surface area (Å²) in [5.74, 6) is 1.72. The van der Waals surface area contributed by atoms with Crippen molar-refractivity contribution in [2.45, 2.75) is 24.9 Å². The van der Waals surface area contributed by atoms with Gasteiger partial charge < -0.3 is 10.6 Å². The molecule has 2 heterocycles. The van der Waals surface area contributed by atoms with Crippen molar-refractivity contribution in [2.75, 3.05) is 30.0 Å². The van der Waals surface area contributed by atoms with Gasteiger partial charge in [-0.1, -0.05) is 24.8 Å². The highest BCUT2D eigenvalue weighted by Gasteiger charge is 2.03. The summed E-state index contributed by atoms with van der Waals surface area (Å²) in [5, 5.41) is 7.42. The van der Waals surface area contributed by atoms with Crippen LogP contribution in [0.25, 0.3) is 0 Å². The van der Waals surface area contributed by atoms with Gasteiger partial charge in [0.25, 0.3) is 0 Å². The second-order valence-corrected chi connectivity index (χ2v) is 5.32. The third-order valence-corrected chi connectivity index (χ3v) is 3.41. The lowest BCUT2D eigenvalue weighted by molar-refractivity contribution is 0.908.